The standard InChI is InChI=1S/C17H25NO3/c1-3-6-15(17(20)21)18-16(19)8-5-4-7-14-11-9-13(2)10-12-14/h9-12,15H,3-8H2,1-2H3,(H,18,19)(H,20,21). The third-order valence-electron chi connectivity index (χ3n) is 3.45. The zero-order chi connectivity index (χ0) is 15.7. The highest BCUT2D eigenvalue weighted by molar-refractivity contribution is 5.83. The van der Waals surface area contributed by atoms with Gasteiger partial charge in [-0.1, -0.05) is 43.2 Å². The molecule has 1 unspecified atom stereocenters. The molecule has 0 fully saturated rings. The number of hydrogen-bond donors (Lipinski definition) is 2. The molecule has 1 amide bonds. The van der Waals surface area contributed by atoms with Crippen LogP contribution in [0.15, 0.2) is 24.3 Å². The molecular weight excluding hydrogens is 266 g/mol. The summed E-state index contributed by atoms with van der Waals surface area (Å²) in [6, 6.07) is 7.64. The molecule has 1 rings (SSSR count). The van der Waals surface area contributed by atoms with Crippen molar-refractivity contribution in [2.75, 3.05) is 0 Å². The van der Waals surface area contributed by atoms with Crippen molar-refractivity contribution in [1.82, 2.24) is 5.32 Å². The van der Waals surface area contributed by atoms with Gasteiger partial charge in [0.15, 0.2) is 0 Å². The summed E-state index contributed by atoms with van der Waals surface area (Å²) in [5.41, 5.74) is 2.52. The smallest absolute Gasteiger partial charge is 0.326 e. The van der Waals surface area contributed by atoms with E-state index in [0.717, 1.165) is 25.7 Å². The van der Waals surface area contributed by atoms with Crippen LogP contribution in [-0.2, 0) is 16.0 Å². The Labute approximate surface area is 126 Å². The third-order valence-corrected chi connectivity index (χ3v) is 3.45. The van der Waals surface area contributed by atoms with Crippen LogP contribution in [0.2, 0.25) is 0 Å². The molecule has 1 aromatic rings. The Kier molecular flexibility index (Phi) is 7.51. The Bertz CT molecular complexity index is 454. The zero-order valence-electron chi connectivity index (χ0n) is 12.9. The van der Waals surface area contributed by atoms with Gasteiger partial charge in [-0.2, -0.15) is 0 Å². The summed E-state index contributed by atoms with van der Waals surface area (Å²) < 4.78 is 0. The number of carbonyl (C=O) groups is 2. The SMILES string of the molecule is CCCC(NC(=O)CCCCc1ccc(C)cc1)C(=O)O. The van der Waals surface area contributed by atoms with Gasteiger partial charge in [0.25, 0.3) is 0 Å². The average molecular weight is 291 g/mol. The molecule has 0 bridgehead atoms. The van der Waals surface area contributed by atoms with E-state index in [9.17, 15) is 9.59 Å². The molecule has 4 heteroatoms. The largest absolute Gasteiger partial charge is 0.480 e. The molecule has 1 atom stereocenters. The molecule has 116 valence electrons. The minimum absolute atomic E-state index is 0.167. The quantitative estimate of drug-likeness (QED) is 0.687. The fourth-order valence-corrected chi connectivity index (χ4v) is 2.18. The summed E-state index contributed by atoms with van der Waals surface area (Å²) in [6.45, 7) is 3.97. The van der Waals surface area contributed by atoms with Crippen LogP contribution in [0.4, 0.5) is 0 Å². The lowest BCUT2D eigenvalue weighted by Crippen LogP contribution is -2.40. The highest BCUT2D eigenvalue weighted by Crippen LogP contribution is 2.08. The second-order valence-electron chi connectivity index (χ2n) is 5.44. The average Bonchev–Trinajstić information content (AvgIpc) is 2.45. The van der Waals surface area contributed by atoms with Gasteiger partial charge >= 0.3 is 5.97 Å². The van der Waals surface area contributed by atoms with Crippen LogP contribution in [0.25, 0.3) is 0 Å². The number of benzene rings is 1. The van der Waals surface area contributed by atoms with Crippen LogP contribution < -0.4 is 5.32 Å². The fraction of sp³-hybridized carbons (Fsp3) is 0.529. The zero-order valence-corrected chi connectivity index (χ0v) is 12.9. The van der Waals surface area contributed by atoms with Gasteiger partial charge in [0.1, 0.15) is 6.04 Å². The highest BCUT2D eigenvalue weighted by atomic mass is 16.4. The molecule has 0 aromatic heterocycles. The van der Waals surface area contributed by atoms with Crippen molar-refractivity contribution in [1.29, 1.82) is 0 Å². The summed E-state index contributed by atoms with van der Waals surface area (Å²) in [6.07, 6.45) is 4.26. The second-order valence-corrected chi connectivity index (χ2v) is 5.44. The maximum atomic E-state index is 11.7. The minimum atomic E-state index is -0.954. The predicted molar refractivity (Wildman–Crippen MR) is 83.2 cm³/mol. The first-order chi connectivity index (χ1) is 10.0. The normalized spacial score (nSPS) is 11.9. The first-order valence-corrected chi connectivity index (χ1v) is 7.60. The first kappa shape index (κ1) is 17.2. The van der Waals surface area contributed by atoms with E-state index in [4.69, 9.17) is 5.11 Å². The lowest BCUT2D eigenvalue weighted by atomic mass is 10.1. The van der Waals surface area contributed by atoms with Crippen molar-refractivity contribution < 1.29 is 14.7 Å². The predicted octanol–water partition coefficient (Wildman–Crippen LogP) is 3.08. The van der Waals surface area contributed by atoms with Gasteiger partial charge < -0.3 is 10.4 Å². The van der Waals surface area contributed by atoms with Crippen molar-refractivity contribution in [3.05, 3.63) is 35.4 Å². The Hall–Kier alpha value is -1.84. The molecule has 0 radical (unpaired) electrons. The van der Waals surface area contributed by atoms with Crippen molar-refractivity contribution in [2.45, 2.75) is 58.4 Å². The number of nitrogens with one attached hydrogen (secondary N) is 1. The van der Waals surface area contributed by atoms with E-state index in [-0.39, 0.29) is 5.91 Å². The van der Waals surface area contributed by atoms with E-state index >= 15 is 0 Å². The summed E-state index contributed by atoms with van der Waals surface area (Å²) >= 11 is 0. The molecule has 0 aliphatic heterocycles. The van der Waals surface area contributed by atoms with Gasteiger partial charge in [0, 0.05) is 6.42 Å². The van der Waals surface area contributed by atoms with Gasteiger partial charge in [-0.3, -0.25) is 4.79 Å². The summed E-state index contributed by atoms with van der Waals surface area (Å²) in [7, 11) is 0. The van der Waals surface area contributed by atoms with Crippen molar-refractivity contribution in [3.8, 4) is 0 Å². The topological polar surface area (TPSA) is 66.4 Å². The third kappa shape index (κ3) is 6.93. The second kappa shape index (κ2) is 9.16. The number of hydrogen-bond acceptors (Lipinski definition) is 2. The van der Waals surface area contributed by atoms with Crippen LogP contribution in [-0.4, -0.2) is 23.0 Å². The van der Waals surface area contributed by atoms with Crippen LogP contribution >= 0.6 is 0 Å². The number of amides is 1. The number of aryl methyl sites for hydroxylation is 2. The Morgan fingerprint density at radius 3 is 2.43 bits per heavy atom. The van der Waals surface area contributed by atoms with E-state index < -0.39 is 12.0 Å². The fourth-order valence-electron chi connectivity index (χ4n) is 2.18. The number of carboxylic acids is 1. The van der Waals surface area contributed by atoms with Crippen LogP contribution in [0.3, 0.4) is 0 Å². The van der Waals surface area contributed by atoms with Crippen LogP contribution in [0.1, 0.15) is 50.2 Å². The molecule has 0 spiro atoms. The molecule has 4 nitrogen and oxygen atoms in total. The van der Waals surface area contributed by atoms with Crippen molar-refractivity contribution in [2.24, 2.45) is 0 Å². The molecule has 0 saturated carbocycles. The van der Waals surface area contributed by atoms with Crippen LogP contribution in [0, 0.1) is 6.92 Å². The van der Waals surface area contributed by atoms with Crippen molar-refractivity contribution >= 4 is 11.9 Å². The number of rotatable bonds is 9. The number of carbonyl (C=O) groups excluding carboxylic acids is 1. The van der Waals surface area contributed by atoms with Gasteiger partial charge in [-0.05, 0) is 38.2 Å². The Morgan fingerprint density at radius 2 is 1.86 bits per heavy atom. The molecule has 0 aliphatic carbocycles. The van der Waals surface area contributed by atoms with Gasteiger partial charge in [0.2, 0.25) is 5.91 Å². The first-order valence-electron chi connectivity index (χ1n) is 7.60. The van der Waals surface area contributed by atoms with Gasteiger partial charge in [-0.15, -0.1) is 0 Å². The molecule has 0 heterocycles. The number of aliphatic carboxylic acids is 1. The molecule has 0 saturated heterocycles. The molecule has 1 aromatic carbocycles. The number of carboxylic acid groups (broad SMARTS) is 1. The summed E-state index contributed by atoms with van der Waals surface area (Å²) in [5.74, 6) is -1.12. The molecular formula is C17H25NO3. The molecule has 0 aliphatic rings. The van der Waals surface area contributed by atoms with Gasteiger partial charge in [0.05, 0.1) is 0 Å². The molecule has 21 heavy (non-hydrogen) atoms. The van der Waals surface area contributed by atoms with E-state index in [2.05, 4.69) is 36.5 Å². The summed E-state index contributed by atoms with van der Waals surface area (Å²) in [4.78, 5) is 22.7. The maximum absolute atomic E-state index is 11.7. The molecule has 2 N–H and O–H groups in total. The maximum Gasteiger partial charge on any atom is 0.326 e. The van der Waals surface area contributed by atoms with E-state index in [1.165, 1.54) is 11.1 Å². The highest BCUT2D eigenvalue weighted by Gasteiger charge is 2.18. The van der Waals surface area contributed by atoms with Crippen LogP contribution in [0.5, 0.6) is 0 Å². The van der Waals surface area contributed by atoms with Gasteiger partial charge in [-0.25, -0.2) is 4.79 Å². The minimum Gasteiger partial charge on any atom is -0.480 e. The Morgan fingerprint density at radius 1 is 1.19 bits per heavy atom. The monoisotopic (exact) mass is 291 g/mol. The lowest BCUT2D eigenvalue weighted by Gasteiger charge is -2.13. The summed E-state index contributed by atoms with van der Waals surface area (Å²) in [5, 5.41) is 11.6. The Balaban J connectivity index is 2.23. The lowest BCUT2D eigenvalue weighted by molar-refractivity contribution is -0.142. The van der Waals surface area contributed by atoms with Crippen molar-refractivity contribution in [3.63, 3.8) is 0 Å². The van der Waals surface area contributed by atoms with E-state index in [0.29, 0.717) is 12.8 Å². The van der Waals surface area contributed by atoms with E-state index in [1.54, 1.807) is 0 Å². The van der Waals surface area contributed by atoms with E-state index in [1.807, 2.05) is 6.92 Å². The number of unbranched alkanes of at least 4 members (excludes halogenated alkanes) is 1.